The number of carbonyl (C=O) groups is 2. The van der Waals surface area contributed by atoms with Crippen LogP contribution in [0.15, 0.2) is 17.3 Å². The van der Waals surface area contributed by atoms with Gasteiger partial charge < -0.3 is 10.1 Å². The van der Waals surface area contributed by atoms with E-state index >= 15 is 0 Å². The highest BCUT2D eigenvalue weighted by atomic mass is 16.5. The van der Waals surface area contributed by atoms with E-state index < -0.39 is 5.54 Å². The van der Waals surface area contributed by atoms with E-state index in [4.69, 9.17) is 4.74 Å². The van der Waals surface area contributed by atoms with E-state index in [0.29, 0.717) is 11.5 Å². The molecular weight excluding hydrogens is 306 g/mol. The zero-order chi connectivity index (χ0) is 18.1. The summed E-state index contributed by atoms with van der Waals surface area (Å²) in [7, 11) is 0. The van der Waals surface area contributed by atoms with Gasteiger partial charge in [-0.25, -0.2) is 4.99 Å². The number of hydrogen-bond donors (Lipinski definition) is 1. The molecule has 24 heavy (non-hydrogen) atoms. The number of amides is 1. The van der Waals surface area contributed by atoms with Crippen molar-refractivity contribution in [3.8, 4) is 0 Å². The molecule has 0 saturated carbocycles. The Hall–Kier alpha value is -2.24. The summed E-state index contributed by atoms with van der Waals surface area (Å²) < 4.78 is 5.20. The molecule has 2 unspecified atom stereocenters. The van der Waals surface area contributed by atoms with Gasteiger partial charge in [0.15, 0.2) is 5.84 Å². The van der Waals surface area contributed by atoms with E-state index in [0.717, 1.165) is 17.5 Å². The third-order valence-corrected chi connectivity index (χ3v) is 4.57. The lowest BCUT2D eigenvalue weighted by Gasteiger charge is -2.21. The van der Waals surface area contributed by atoms with Crippen molar-refractivity contribution in [3.05, 3.63) is 29.1 Å². The van der Waals surface area contributed by atoms with Crippen LogP contribution in [0.5, 0.6) is 0 Å². The molecule has 2 heterocycles. The fourth-order valence-electron chi connectivity index (χ4n) is 2.60. The number of aliphatic imine (C=N–C) groups is 1. The number of carbonyl (C=O) groups excluding carboxylic acids is 2. The van der Waals surface area contributed by atoms with Gasteiger partial charge in [-0.2, -0.15) is 0 Å². The minimum Gasteiger partial charge on any atom is -0.458 e. The summed E-state index contributed by atoms with van der Waals surface area (Å²) in [4.78, 5) is 32.5. The number of amidine groups is 1. The van der Waals surface area contributed by atoms with E-state index in [2.05, 4.69) is 15.3 Å². The largest absolute Gasteiger partial charge is 0.458 e. The predicted molar refractivity (Wildman–Crippen MR) is 91.7 cm³/mol. The summed E-state index contributed by atoms with van der Waals surface area (Å²) in [6, 6.07) is 1.95. The highest BCUT2D eigenvalue weighted by molar-refractivity contribution is 6.15. The van der Waals surface area contributed by atoms with Gasteiger partial charge >= 0.3 is 5.97 Å². The van der Waals surface area contributed by atoms with Crippen molar-refractivity contribution in [2.45, 2.75) is 59.6 Å². The van der Waals surface area contributed by atoms with Gasteiger partial charge in [0.25, 0.3) is 5.91 Å². The van der Waals surface area contributed by atoms with Gasteiger partial charge in [0, 0.05) is 18.7 Å². The quantitative estimate of drug-likeness (QED) is 0.841. The van der Waals surface area contributed by atoms with Crippen LogP contribution in [-0.2, 0) is 20.7 Å². The highest BCUT2D eigenvalue weighted by Crippen LogP contribution is 2.28. The van der Waals surface area contributed by atoms with E-state index in [-0.39, 0.29) is 23.9 Å². The fourth-order valence-corrected chi connectivity index (χ4v) is 2.60. The highest BCUT2D eigenvalue weighted by Gasteiger charge is 2.42. The first-order chi connectivity index (χ1) is 11.2. The summed E-state index contributed by atoms with van der Waals surface area (Å²) in [5.74, 6) is 0.168. The number of pyridine rings is 1. The van der Waals surface area contributed by atoms with Gasteiger partial charge in [-0.1, -0.05) is 20.8 Å². The number of nitrogens with one attached hydrogen (secondary N) is 1. The number of aryl methyl sites for hydroxylation is 1. The number of rotatable bonds is 5. The lowest BCUT2D eigenvalue weighted by molar-refractivity contribution is -0.145. The first-order valence-corrected chi connectivity index (χ1v) is 8.26. The van der Waals surface area contributed by atoms with Crippen LogP contribution in [0.3, 0.4) is 0 Å². The lowest BCUT2D eigenvalue weighted by Crippen LogP contribution is -2.41. The summed E-state index contributed by atoms with van der Waals surface area (Å²) in [6.45, 7) is 11.0. The Morgan fingerprint density at radius 3 is 2.54 bits per heavy atom. The summed E-state index contributed by atoms with van der Waals surface area (Å²) in [6.07, 6.45) is 2.04. The van der Waals surface area contributed by atoms with E-state index in [1.807, 2.05) is 40.7 Å². The zero-order valence-corrected chi connectivity index (χ0v) is 15.1. The number of aromatic nitrogens is 1. The van der Waals surface area contributed by atoms with Crippen molar-refractivity contribution in [2.24, 2.45) is 10.9 Å². The number of nitrogens with zero attached hydrogens (tertiary/aromatic N) is 2. The van der Waals surface area contributed by atoms with Gasteiger partial charge in [0.05, 0.1) is 0 Å². The average Bonchev–Trinajstić information content (AvgIpc) is 2.82. The van der Waals surface area contributed by atoms with E-state index in [1.165, 1.54) is 6.92 Å². The minimum atomic E-state index is -0.772. The third-order valence-electron chi connectivity index (χ3n) is 4.57. The smallest absolute Gasteiger partial charge is 0.303 e. The maximum atomic E-state index is 12.3. The maximum Gasteiger partial charge on any atom is 0.303 e. The number of ether oxygens (including phenoxy) is 1. The molecule has 0 bridgehead atoms. The summed E-state index contributed by atoms with van der Waals surface area (Å²) in [5, 5.41) is 2.86. The molecule has 0 fully saturated rings. The molecule has 6 nitrogen and oxygen atoms in total. The Balaban J connectivity index is 2.39. The monoisotopic (exact) mass is 331 g/mol. The van der Waals surface area contributed by atoms with Crippen LogP contribution in [0.4, 0.5) is 0 Å². The first-order valence-electron chi connectivity index (χ1n) is 8.26. The molecule has 130 valence electrons. The molecule has 0 radical (unpaired) electrons. The van der Waals surface area contributed by atoms with Crippen LogP contribution in [0.1, 0.15) is 64.5 Å². The van der Waals surface area contributed by atoms with Crippen LogP contribution in [-0.4, -0.2) is 28.2 Å². The van der Waals surface area contributed by atoms with Crippen LogP contribution in [0, 0.1) is 5.92 Å². The maximum absolute atomic E-state index is 12.3. The molecule has 0 aromatic carbocycles. The number of hydrogen-bond acceptors (Lipinski definition) is 5. The Morgan fingerprint density at radius 2 is 2.04 bits per heavy atom. The van der Waals surface area contributed by atoms with Crippen LogP contribution in [0.25, 0.3) is 0 Å². The Bertz CT molecular complexity index is 697. The average molecular weight is 331 g/mol. The zero-order valence-electron chi connectivity index (χ0n) is 15.1. The molecule has 0 aliphatic carbocycles. The Morgan fingerprint density at radius 1 is 1.38 bits per heavy atom. The summed E-state index contributed by atoms with van der Waals surface area (Å²) >= 11 is 0. The molecule has 1 N–H and O–H groups in total. The second kappa shape index (κ2) is 6.71. The van der Waals surface area contributed by atoms with Gasteiger partial charge in [0.2, 0.25) is 0 Å². The lowest BCUT2D eigenvalue weighted by atomic mass is 9.89. The standard InChI is InChI=1S/C18H25N3O3/c1-7-13-8-14(11(4)24-12(5)22)9-19-15(13)16-20-17(23)18(6,21-16)10(2)3/h8-11H,7H2,1-6H3,(H,20,21,23). The van der Waals surface area contributed by atoms with Crippen LogP contribution >= 0.6 is 0 Å². The molecule has 0 spiro atoms. The third kappa shape index (κ3) is 3.32. The normalized spacial score (nSPS) is 21.5. The molecule has 2 rings (SSSR count). The van der Waals surface area contributed by atoms with Crippen molar-refractivity contribution in [1.29, 1.82) is 0 Å². The Labute approximate surface area is 142 Å². The van der Waals surface area contributed by atoms with Crippen molar-refractivity contribution in [1.82, 2.24) is 10.3 Å². The van der Waals surface area contributed by atoms with E-state index in [9.17, 15) is 9.59 Å². The molecule has 1 amide bonds. The van der Waals surface area contributed by atoms with Gasteiger partial charge in [-0.15, -0.1) is 0 Å². The second-order valence-electron chi connectivity index (χ2n) is 6.60. The molecule has 2 atom stereocenters. The molecule has 6 heteroatoms. The Kier molecular flexibility index (Phi) is 5.06. The van der Waals surface area contributed by atoms with Crippen molar-refractivity contribution in [2.75, 3.05) is 0 Å². The molecule has 1 aromatic rings. The molecule has 1 aromatic heterocycles. The van der Waals surface area contributed by atoms with Crippen molar-refractivity contribution >= 4 is 17.7 Å². The van der Waals surface area contributed by atoms with Crippen molar-refractivity contribution < 1.29 is 14.3 Å². The van der Waals surface area contributed by atoms with Gasteiger partial charge in [-0.3, -0.25) is 14.6 Å². The predicted octanol–water partition coefficient (Wildman–Crippen LogP) is 2.56. The van der Waals surface area contributed by atoms with Crippen LogP contribution < -0.4 is 5.32 Å². The molecule has 0 saturated heterocycles. The number of esters is 1. The second-order valence-corrected chi connectivity index (χ2v) is 6.60. The SMILES string of the molecule is CCc1cc(C(C)OC(C)=O)cnc1C1=NC(C)(C(C)C)C(=O)N1. The fraction of sp³-hybridized carbons (Fsp3) is 0.556. The van der Waals surface area contributed by atoms with Gasteiger partial charge in [-0.05, 0) is 37.8 Å². The first kappa shape index (κ1) is 18.1. The minimum absolute atomic E-state index is 0.0864. The van der Waals surface area contributed by atoms with E-state index in [1.54, 1.807) is 6.20 Å². The van der Waals surface area contributed by atoms with Crippen molar-refractivity contribution in [3.63, 3.8) is 0 Å². The van der Waals surface area contributed by atoms with Gasteiger partial charge in [0.1, 0.15) is 17.3 Å². The summed E-state index contributed by atoms with van der Waals surface area (Å²) in [5.41, 5.74) is 1.68. The molecule has 1 aliphatic heterocycles. The molecule has 1 aliphatic rings. The molecular formula is C18H25N3O3. The van der Waals surface area contributed by atoms with Crippen LogP contribution in [0.2, 0.25) is 0 Å². The topological polar surface area (TPSA) is 80.7 Å².